The van der Waals surface area contributed by atoms with Gasteiger partial charge in [-0.15, -0.1) is 11.3 Å². The van der Waals surface area contributed by atoms with Crippen LogP contribution in [-0.2, 0) is 0 Å². The van der Waals surface area contributed by atoms with Crippen LogP contribution in [0.5, 0.6) is 0 Å². The van der Waals surface area contributed by atoms with Crippen LogP contribution >= 0.6 is 11.3 Å². The molecule has 8 aromatic rings. The maximum atomic E-state index is 2.34. The van der Waals surface area contributed by atoms with Crippen LogP contribution in [0.4, 0.5) is 17.1 Å². The number of benzene rings is 7. The maximum absolute atomic E-state index is 2.34. The molecule has 0 aliphatic rings. The Morgan fingerprint density at radius 1 is 0.425 bits per heavy atom. The van der Waals surface area contributed by atoms with E-state index < -0.39 is 0 Å². The number of anilines is 3. The van der Waals surface area contributed by atoms with E-state index >= 15 is 0 Å². The first kappa shape index (κ1) is 23.0. The number of nitrogens with zero attached hydrogens (tertiary/aromatic N) is 1. The first-order chi connectivity index (χ1) is 19.8. The summed E-state index contributed by atoms with van der Waals surface area (Å²) in [4.78, 5) is 2.34. The van der Waals surface area contributed by atoms with Gasteiger partial charge in [0, 0.05) is 37.2 Å². The molecule has 188 valence electrons. The van der Waals surface area contributed by atoms with Gasteiger partial charge in [-0.2, -0.15) is 0 Å². The minimum atomic E-state index is 1.14. The largest absolute Gasteiger partial charge is 0.310 e. The van der Waals surface area contributed by atoms with Crippen LogP contribution in [0.1, 0.15) is 0 Å². The zero-order chi connectivity index (χ0) is 26.5. The highest BCUT2D eigenvalue weighted by atomic mass is 32.1. The van der Waals surface area contributed by atoms with Crippen molar-refractivity contribution < 1.29 is 0 Å². The zero-order valence-electron chi connectivity index (χ0n) is 21.8. The normalized spacial score (nSPS) is 11.5. The van der Waals surface area contributed by atoms with Crippen molar-refractivity contribution in [3.05, 3.63) is 152 Å². The lowest BCUT2D eigenvalue weighted by Gasteiger charge is -2.26. The molecule has 0 spiro atoms. The van der Waals surface area contributed by atoms with Crippen LogP contribution < -0.4 is 4.90 Å². The fourth-order valence-corrected chi connectivity index (χ4v) is 7.19. The standard InChI is InChI=1S/C38H25NS/c1-2-12-30(13-3-1)39(32-23-17-26-9-4-5-11-29(26)25-32)31-21-18-28(19-22-31)33-15-8-16-36-37(33)35-24-20-27-10-6-7-14-34(27)38(35)40-36/h1-25H. The van der Waals surface area contributed by atoms with Crippen molar-refractivity contribution in [1.82, 2.24) is 0 Å². The van der Waals surface area contributed by atoms with Gasteiger partial charge in [0.15, 0.2) is 0 Å². The highest BCUT2D eigenvalue weighted by Crippen LogP contribution is 2.43. The van der Waals surface area contributed by atoms with Crippen molar-refractivity contribution >= 4 is 70.1 Å². The molecule has 0 amide bonds. The van der Waals surface area contributed by atoms with Gasteiger partial charge >= 0.3 is 0 Å². The molecule has 8 rings (SSSR count). The smallest absolute Gasteiger partial charge is 0.0468 e. The Morgan fingerprint density at radius 3 is 1.95 bits per heavy atom. The summed E-state index contributed by atoms with van der Waals surface area (Å²) < 4.78 is 2.69. The molecular weight excluding hydrogens is 502 g/mol. The van der Waals surface area contributed by atoms with Gasteiger partial charge in [-0.25, -0.2) is 0 Å². The Morgan fingerprint density at radius 2 is 1.10 bits per heavy atom. The van der Waals surface area contributed by atoms with E-state index in [2.05, 4.69) is 157 Å². The van der Waals surface area contributed by atoms with E-state index in [-0.39, 0.29) is 0 Å². The van der Waals surface area contributed by atoms with E-state index in [0.29, 0.717) is 0 Å². The van der Waals surface area contributed by atoms with Crippen molar-refractivity contribution in [3.63, 3.8) is 0 Å². The SMILES string of the molecule is c1ccc(N(c2ccc(-c3cccc4sc5c6ccccc6ccc5c34)cc2)c2ccc3ccccc3c2)cc1. The highest BCUT2D eigenvalue weighted by molar-refractivity contribution is 7.26. The molecule has 0 saturated carbocycles. The summed E-state index contributed by atoms with van der Waals surface area (Å²) in [6.07, 6.45) is 0. The number of para-hydroxylation sites is 1. The molecule has 2 heteroatoms. The second kappa shape index (κ2) is 9.37. The molecular formula is C38H25NS. The molecule has 40 heavy (non-hydrogen) atoms. The maximum Gasteiger partial charge on any atom is 0.0468 e. The molecule has 0 N–H and O–H groups in total. The lowest BCUT2D eigenvalue weighted by atomic mass is 9.98. The van der Waals surface area contributed by atoms with E-state index in [9.17, 15) is 0 Å². The Bertz CT molecular complexity index is 2160. The molecule has 7 aromatic carbocycles. The summed E-state index contributed by atoms with van der Waals surface area (Å²) in [5.41, 5.74) is 5.94. The molecule has 0 unspecified atom stereocenters. The number of hydrogen-bond acceptors (Lipinski definition) is 2. The molecule has 0 radical (unpaired) electrons. The fourth-order valence-electron chi connectivity index (χ4n) is 5.92. The van der Waals surface area contributed by atoms with E-state index in [1.165, 1.54) is 52.8 Å². The van der Waals surface area contributed by atoms with Gasteiger partial charge in [0.2, 0.25) is 0 Å². The third kappa shape index (κ3) is 3.77. The molecule has 0 atom stereocenters. The molecule has 1 nitrogen and oxygen atoms in total. The number of rotatable bonds is 4. The topological polar surface area (TPSA) is 3.24 Å². The van der Waals surface area contributed by atoms with Gasteiger partial charge in [-0.05, 0) is 75.1 Å². The Hall–Kier alpha value is -4.92. The molecule has 1 aromatic heterocycles. The Balaban J connectivity index is 1.27. The summed E-state index contributed by atoms with van der Waals surface area (Å²) in [6.45, 7) is 0. The van der Waals surface area contributed by atoms with Crippen LogP contribution in [-0.4, -0.2) is 0 Å². The summed E-state index contributed by atoms with van der Waals surface area (Å²) in [5.74, 6) is 0. The van der Waals surface area contributed by atoms with Gasteiger partial charge in [-0.3, -0.25) is 0 Å². The van der Waals surface area contributed by atoms with Gasteiger partial charge < -0.3 is 4.90 Å². The average Bonchev–Trinajstić information content (AvgIpc) is 3.42. The summed E-state index contributed by atoms with van der Waals surface area (Å²) in [7, 11) is 0. The third-order valence-electron chi connectivity index (χ3n) is 7.83. The molecule has 0 aliphatic heterocycles. The van der Waals surface area contributed by atoms with Gasteiger partial charge in [0.1, 0.15) is 0 Å². The van der Waals surface area contributed by atoms with Crippen molar-refractivity contribution in [2.24, 2.45) is 0 Å². The average molecular weight is 528 g/mol. The van der Waals surface area contributed by atoms with Gasteiger partial charge in [0.05, 0.1) is 0 Å². The van der Waals surface area contributed by atoms with Crippen molar-refractivity contribution in [3.8, 4) is 11.1 Å². The first-order valence-electron chi connectivity index (χ1n) is 13.6. The highest BCUT2D eigenvalue weighted by Gasteiger charge is 2.15. The summed E-state index contributed by atoms with van der Waals surface area (Å²) >= 11 is 1.90. The van der Waals surface area contributed by atoms with Crippen LogP contribution in [0.3, 0.4) is 0 Å². The minimum Gasteiger partial charge on any atom is -0.310 e. The van der Waals surface area contributed by atoms with Crippen LogP contribution in [0.15, 0.2) is 152 Å². The fraction of sp³-hybridized carbons (Fsp3) is 0. The second-order valence-electron chi connectivity index (χ2n) is 10.2. The lowest BCUT2D eigenvalue weighted by Crippen LogP contribution is -2.09. The van der Waals surface area contributed by atoms with E-state index in [1.807, 2.05) is 11.3 Å². The zero-order valence-corrected chi connectivity index (χ0v) is 22.6. The molecule has 0 fully saturated rings. The minimum absolute atomic E-state index is 1.14. The van der Waals surface area contributed by atoms with Gasteiger partial charge in [0.25, 0.3) is 0 Å². The molecule has 0 aliphatic carbocycles. The van der Waals surface area contributed by atoms with Crippen LogP contribution in [0.2, 0.25) is 0 Å². The Kier molecular flexibility index (Phi) is 5.39. The van der Waals surface area contributed by atoms with Crippen molar-refractivity contribution in [1.29, 1.82) is 0 Å². The second-order valence-corrected chi connectivity index (χ2v) is 11.2. The van der Waals surface area contributed by atoms with E-state index in [0.717, 1.165) is 17.1 Å². The van der Waals surface area contributed by atoms with E-state index in [4.69, 9.17) is 0 Å². The number of hydrogen-bond donors (Lipinski definition) is 0. The summed E-state index contributed by atoms with van der Waals surface area (Å²) in [5, 5.41) is 7.79. The van der Waals surface area contributed by atoms with Crippen molar-refractivity contribution in [2.45, 2.75) is 0 Å². The first-order valence-corrected chi connectivity index (χ1v) is 14.4. The number of fused-ring (bicyclic) bond motifs is 6. The molecule has 1 heterocycles. The quantitative estimate of drug-likeness (QED) is 0.220. The van der Waals surface area contributed by atoms with Gasteiger partial charge in [-0.1, -0.05) is 109 Å². The molecule has 0 bridgehead atoms. The number of thiophene rings is 1. The predicted octanol–water partition coefficient (Wildman–Crippen LogP) is 11.5. The predicted molar refractivity (Wildman–Crippen MR) is 174 cm³/mol. The monoisotopic (exact) mass is 527 g/mol. The van der Waals surface area contributed by atoms with Crippen LogP contribution in [0, 0.1) is 0 Å². The van der Waals surface area contributed by atoms with Crippen molar-refractivity contribution in [2.75, 3.05) is 4.90 Å². The van der Waals surface area contributed by atoms with Crippen LogP contribution in [0.25, 0.3) is 52.8 Å². The lowest BCUT2D eigenvalue weighted by molar-refractivity contribution is 1.29. The Labute approximate surface area is 237 Å². The summed E-state index contributed by atoms with van der Waals surface area (Å²) in [6, 6.07) is 54.9. The molecule has 0 saturated heterocycles. The third-order valence-corrected chi connectivity index (χ3v) is 9.03. The van der Waals surface area contributed by atoms with E-state index in [1.54, 1.807) is 0 Å².